The molecule has 0 saturated carbocycles. The number of methoxy groups -OCH3 is 1. The molecule has 1 amide bonds. The lowest BCUT2D eigenvalue weighted by Gasteiger charge is -2.26. The number of halogens is 1. The molecule has 2 N–H and O–H groups in total. The van der Waals surface area contributed by atoms with E-state index in [0.717, 1.165) is 16.7 Å². The number of esters is 1. The lowest BCUT2D eigenvalue weighted by Crippen LogP contribution is -2.42. The van der Waals surface area contributed by atoms with E-state index in [0.29, 0.717) is 0 Å². The second-order valence-corrected chi connectivity index (χ2v) is 7.99. The molecule has 0 fully saturated rings. The van der Waals surface area contributed by atoms with Gasteiger partial charge in [-0.1, -0.05) is 42.0 Å². The standard InChI is InChI=1S/C27H31FN2O5/c1-7-22(34-6)25(31)24(29-5)26(32)30-17(3)27(33)35-18(4)23(19-10-8-16(2)9-11-19)20-12-14-21(28)15-13-20/h7-15,17-18,23,31H,5H2,1-4,6H3,(H,30,32)/b22-7+,25-24+/t17-,18-,23+/m0/s1. The number of aliphatic hydroxyl groups is 1. The number of aliphatic hydroxyl groups excluding tert-OH is 1. The molecule has 2 rings (SSSR count). The summed E-state index contributed by atoms with van der Waals surface area (Å²) in [6, 6.07) is 12.7. The number of carbonyl (C=O) groups is 2. The Balaban J connectivity index is 2.22. The Labute approximate surface area is 205 Å². The fourth-order valence-electron chi connectivity index (χ4n) is 3.58. The maximum absolute atomic E-state index is 13.5. The van der Waals surface area contributed by atoms with Gasteiger partial charge in [0.25, 0.3) is 5.91 Å². The monoisotopic (exact) mass is 482 g/mol. The summed E-state index contributed by atoms with van der Waals surface area (Å²) in [5.74, 6) is -2.71. The Morgan fingerprint density at radius 2 is 1.63 bits per heavy atom. The molecule has 0 aliphatic carbocycles. The molecule has 8 heteroatoms. The highest BCUT2D eigenvalue weighted by atomic mass is 19.1. The molecule has 0 saturated heterocycles. The van der Waals surface area contributed by atoms with Crippen LogP contribution in [-0.2, 0) is 19.1 Å². The topological polar surface area (TPSA) is 97.2 Å². The zero-order valence-electron chi connectivity index (χ0n) is 20.5. The highest BCUT2D eigenvalue weighted by Gasteiger charge is 2.28. The molecule has 0 aliphatic rings. The number of hydrogen-bond donors (Lipinski definition) is 2. The number of nitrogens with one attached hydrogen (secondary N) is 1. The predicted octanol–water partition coefficient (Wildman–Crippen LogP) is 4.72. The van der Waals surface area contributed by atoms with Gasteiger partial charge >= 0.3 is 5.97 Å². The van der Waals surface area contributed by atoms with E-state index in [1.165, 1.54) is 32.2 Å². The maximum atomic E-state index is 13.5. The molecule has 0 aromatic heterocycles. The van der Waals surface area contributed by atoms with Gasteiger partial charge in [0.15, 0.2) is 17.2 Å². The number of hydrogen-bond acceptors (Lipinski definition) is 6. The molecule has 0 unspecified atom stereocenters. The van der Waals surface area contributed by atoms with Crippen LogP contribution in [0.5, 0.6) is 0 Å². The van der Waals surface area contributed by atoms with Gasteiger partial charge in [0, 0.05) is 5.92 Å². The molecule has 2 aromatic rings. The average Bonchev–Trinajstić information content (AvgIpc) is 2.83. The number of nitrogens with zero attached hydrogens (tertiary/aromatic N) is 1. The first-order valence-electron chi connectivity index (χ1n) is 11.1. The first kappa shape index (κ1) is 27.3. The second kappa shape index (κ2) is 12.5. The van der Waals surface area contributed by atoms with E-state index < -0.39 is 35.5 Å². The molecule has 0 bridgehead atoms. The second-order valence-electron chi connectivity index (χ2n) is 7.99. The fraction of sp³-hybridized carbons (Fsp3) is 0.296. The molecule has 0 radical (unpaired) electrons. The summed E-state index contributed by atoms with van der Waals surface area (Å²) in [6.07, 6.45) is 0.812. The fourth-order valence-corrected chi connectivity index (χ4v) is 3.58. The summed E-state index contributed by atoms with van der Waals surface area (Å²) in [6.45, 7) is 10.1. The van der Waals surface area contributed by atoms with Gasteiger partial charge in [-0.25, -0.2) is 9.18 Å². The molecule has 35 heavy (non-hydrogen) atoms. The molecule has 0 spiro atoms. The van der Waals surface area contributed by atoms with Crippen LogP contribution >= 0.6 is 0 Å². The van der Waals surface area contributed by atoms with E-state index in [9.17, 15) is 19.1 Å². The predicted molar refractivity (Wildman–Crippen MR) is 133 cm³/mol. The Morgan fingerprint density at radius 3 is 2.11 bits per heavy atom. The third-order valence-electron chi connectivity index (χ3n) is 5.45. The smallest absolute Gasteiger partial charge is 0.328 e. The van der Waals surface area contributed by atoms with Crippen molar-refractivity contribution in [1.82, 2.24) is 5.32 Å². The van der Waals surface area contributed by atoms with E-state index in [4.69, 9.17) is 9.47 Å². The van der Waals surface area contributed by atoms with Crippen molar-refractivity contribution >= 4 is 18.6 Å². The third kappa shape index (κ3) is 7.02. The van der Waals surface area contributed by atoms with Crippen molar-refractivity contribution in [3.8, 4) is 0 Å². The number of aliphatic imine (C=N–C) groups is 1. The van der Waals surface area contributed by atoms with Gasteiger partial charge in [0.05, 0.1) is 7.11 Å². The van der Waals surface area contributed by atoms with Crippen LogP contribution in [-0.4, -0.2) is 43.0 Å². The van der Waals surface area contributed by atoms with Gasteiger partial charge in [-0.05, 0) is 63.7 Å². The molecule has 2 aromatic carbocycles. The van der Waals surface area contributed by atoms with Crippen LogP contribution in [0.3, 0.4) is 0 Å². The van der Waals surface area contributed by atoms with Crippen LogP contribution in [0.1, 0.15) is 43.4 Å². The van der Waals surface area contributed by atoms with Crippen LogP contribution in [0, 0.1) is 12.7 Å². The summed E-state index contributed by atoms with van der Waals surface area (Å²) >= 11 is 0. The van der Waals surface area contributed by atoms with E-state index in [-0.39, 0.29) is 17.5 Å². The first-order valence-corrected chi connectivity index (χ1v) is 11.1. The Morgan fingerprint density at radius 1 is 1.09 bits per heavy atom. The summed E-state index contributed by atoms with van der Waals surface area (Å²) in [5, 5.41) is 12.7. The van der Waals surface area contributed by atoms with Crippen molar-refractivity contribution in [3.05, 3.63) is 94.3 Å². The zero-order valence-corrected chi connectivity index (χ0v) is 20.5. The van der Waals surface area contributed by atoms with Gasteiger partial charge in [-0.3, -0.25) is 9.79 Å². The van der Waals surface area contributed by atoms with Crippen molar-refractivity contribution in [2.45, 2.75) is 45.8 Å². The Kier molecular flexibility index (Phi) is 9.75. The lowest BCUT2D eigenvalue weighted by molar-refractivity contribution is -0.152. The minimum atomic E-state index is -1.06. The van der Waals surface area contributed by atoms with Crippen LogP contribution in [0.25, 0.3) is 0 Å². The normalized spacial score (nSPS) is 14.7. The van der Waals surface area contributed by atoms with E-state index in [1.807, 2.05) is 31.2 Å². The molecule has 0 heterocycles. The largest absolute Gasteiger partial charge is 0.503 e. The average molecular weight is 483 g/mol. The molecule has 7 nitrogen and oxygen atoms in total. The van der Waals surface area contributed by atoms with Crippen LogP contribution in [0.2, 0.25) is 0 Å². The quantitative estimate of drug-likeness (QED) is 0.168. The van der Waals surface area contributed by atoms with Crippen molar-refractivity contribution < 1.29 is 28.6 Å². The summed E-state index contributed by atoms with van der Waals surface area (Å²) < 4.78 is 24.2. The highest BCUT2D eigenvalue weighted by Crippen LogP contribution is 2.30. The van der Waals surface area contributed by atoms with Crippen molar-refractivity contribution in [2.24, 2.45) is 4.99 Å². The number of amides is 1. The van der Waals surface area contributed by atoms with E-state index >= 15 is 0 Å². The molecule has 186 valence electrons. The van der Waals surface area contributed by atoms with Crippen LogP contribution < -0.4 is 5.32 Å². The Hall–Kier alpha value is -3.94. The van der Waals surface area contributed by atoms with Gasteiger partial charge in [-0.2, -0.15) is 0 Å². The highest BCUT2D eigenvalue weighted by molar-refractivity contribution is 5.97. The summed E-state index contributed by atoms with van der Waals surface area (Å²) in [4.78, 5) is 29.0. The zero-order chi connectivity index (χ0) is 26.1. The number of benzene rings is 2. The van der Waals surface area contributed by atoms with Gasteiger partial charge in [0.2, 0.25) is 0 Å². The third-order valence-corrected chi connectivity index (χ3v) is 5.45. The van der Waals surface area contributed by atoms with Crippen LogP contribution in [0.15, 0.2) is 76.8 Å². The first-order chi connectivity index (χ1) is 16.6. The molecule has 0 aliphatic heterocycles. The maximum Gasteiger partial charge on any atom is 0.328 e. The minimum Gasteiger partial charge on any atom is -0.503 e. The van der Waals surface area contributed by atoms with Crippen molar-refractivity contribution in [1.29, 1.82) is 0 Å². The Bertz CT molecular complexity index is 1060. The molecular weight excluding hydrogens is 451 g/mol. The number of aryl methyl sites for hydroxylation is 1. The van der Waals surface area contributed by atoms with Gasteiger partial charge < -0.3 is 19.9 Å². The van der Waals surface area contributed by atoms with Crippen LogP contribution in [0.4, 0.5) is 4.39 Å². The van der Waals surface area contributed by atoms with Crippen molar-refractivity contribution in [3.63, 3.8) is 0 Å². The van der Waals surface area contributed by atoms with Gasteiger partial charge in [-0.15, -0.1) is 0 Å². The number of rotatable bonds is 10. The lowest BCUT2D eigenvalue weighted by atomic mass is 9.87. The number of allylic oxidation sites excluding steroid dienone is 1. The van der Waals surface area contributed by atoms with Gasteiger partial charge in [0.1, 0.15) is 18.0 Å². The van der Waals surface area contributed by atoms with E-state index in [1.54, 1.807) is 26.0 Å². The SMILES string of the molecule is C=N/C(C(=O)N[C@@H](C)C(=O)O[C@@H](C)[C@H](c1ccc(C)cc1)c1ccc(F)cc1)=C(O)\C(=C/C)OC. The molecule has 3 atom stereocenters. The number of ether oxygens (including phenoxy) is 2. The minimum absolute atomic E-state index is 0.0339. The summed E-state index contributed by atoms with van der Waals surface area (Å²) in [7, 11) is 1.33. The van der Waals surface area contributed by atoms with Crippen molar-refractivity contribution in [2.75, 3.05) is 7.11 Å². The van der Waals surface area contributed by atoms with E-state index in [2.05, 4.69) is 17.0 Å². The molecular formula is C27H31FN2O5. The summed E-state index contributed by atoms with van der Waals surface area (Å²) in [5.41, 5.74) is 2.35. The number of carbonyl (C=O) groups excluding carboxylic acids is 2.